The van der Waals surface area contributed by atoms with Crippen molar-refractivity contribution in [3.63, 3.8) is 0 Å². The molecular formula is C15H22N2O2S. The van der Waals surface area contributed by atoms with E-state index in [-0.39, 0.29) is 0 Å². The Morgan fingerprint density at radius 1 is 1.00 bits per heavy atom. The fraction of sp³-hybridized carbons (Fsp3) is 0.600. The van der Waals surface area contributed by atoms with Crippen molar-refractivity contribution in [1.29, 1.82) is 0 Å². The Kier molecular flexibility index (Phi) is 3.98. The van der Waals surface area contributed by atoms with Crippen LogP contribution in [0.1, 0.15) is 19.3 Å². The first-order chi connectivity index (χ1) is 9.62. The van der Waals surface area contributed by atoms with Gasteiger partial charge in [0, 0.05) is 30.9 Å². The van der Waals surface area contributed by atoms with Gasteiger partial charge in [0.2, 0.25) is 0 Å². The summed E-state index contributed by atoms with van der Waals surface area (Å²) in [6.07, 6.45) is 2.67. The second kappa shape index (κ2) is 5.74. The van der Waals surface area contributed by atoms with E-state index in [2.05, 4.69) is 34.5 Å². The Morgan fingerprint density at radius 2 is 1.70 bits per heavy atom. The average molecular weight is 294 g/mol. The van der Waals surface area contributed by atoms with Gasteiger partial charge in [-0.15, -0.1) is 0 Å². The molecule has 2 fully saturated rings. The minimum atomic E-state index is -2.75. The number of hydrogen-bond donors (Lipinski definition) is 1. The molecular weight excluding hydrogens is 272 g/mol. The van der Waals surface area contributed by atoms with Crippen molar-refractivity contribution in [2.75, 3.05) is 29.5 Å². The standard InChI is InChI=1S/C15H22N2O2S/c18-20(19)10-7-13(8-11-20)16-14-6-9-17(12-14)15-4-2-1-3-5-15/h1-5,13-14,16H,6-12H2. The predicted octanol–water partition coefficient (Wildman–Crippen LogP) is 1.43. The molecule has 0 radical (unpaired) electrons. The highest BCUT2D eigenvalue weighted by molar-refractivity contribution is 7.91. The van der Waals surface area contributed by atoms with Gasteiger partial charge < -0.3 is 10.2 Å². The number of sulfone groups is 1. The van der Waals surface area contributed by atoms with Crippen LogP contribution in [0.3, 0.4) is 0 Å². The van der Waals surface area contributed by atoms with E-state index in [9.17, 15) is 8.42 Å². The van der Waals surface area contributed by atoms with Gasteiger partial charge in [0.15, 0.2) is 0 Å². The summed E-state index contributed by atoms with van der Waals surface area (Å²) in [6, 6.07) is 11.3. The van der Waals surface area contributed by atoms with Gasteiger partial charge in [0.25, 0.3) is 0 Å². The number of nitrogens with one attached hydrogen (secondary N) is 1. The molecule has 1 N–H and O–H groups in total. The fourth-order valence-corrected chi connectivity index (χ4v) is 4.65. The normalized spacial score (nSPS) is 26.8. The number of hydrogen-bond acceptors (Lipinski definition) is 4. The summed E-state index contributed by atoms with van der Waals surface area (Å²) in [5, 5.41) is 3.65. The van der Waals surface area contributed by atoms with Gasteiger partial charge in [-0.3, -0.25) is 0 Å². The summed E-state index contributed by atoms with van der Waals surface area (Å²) >= 11 is 0. The lowest BCUT2D eigenvalue weighted by molar-refractivity contribution is 0.414. The summed E-state index contributed by atoms with van der Waals surface area (Å²) < 4.78 is 22.9. The molecule has 20 heavy (non-hydrogen) atoms. The summed E-state index contributed by atoms with van der Waals surface area (Å²) in [5.41, 5.74) is 1.28. The van der Waals surface area contributed by atoms with Crippen LogP contribution in [-0.4, -0.2) is 45.1 Å². The molecule has 0 saturated carbocycles. The molecule has 1 unspecified atom stereocenters. The molecule has 2 aliphatic rings. The maximum absolute atomic E-state index is 11.4. The molecule has 0 aromatic heterocycles. The van der Waals surface area contributed by atoms with Crippen molar-refractivity contribution in [2.24, 2.45) is 0 Å². The largest absolute Gasteiger partial charge is 0.370 e. The Bertz CT molecular complexity index is 530. The molecule has 1 atom stereocenters. The van der Waals surface area contributed by atoms with Gasteiger partial charge in [-0.2, -0.15) is 0 Å². The maximum Gasteiger partial charge on any atom is 0.150 e. The quantitative estimate of drug-likeness (QED) is 0.916. The molecule has 0 spiro atoms. The van der Waals surface area contributed by atoms with Crippen molar-refractivity contribution >= 4 is 15.5 Å². The smallest absolute Gasteiger partial charge is 0.150 e. The second-order valence-corrected chi connectivity index (χ2v) is 8.16. The van der Waals surface area contributed by atoms with Crippen LogP contribution in [0.2, 0.25) is 0 Å². The Balaban J connectivity index is 1.51. The molecule has 1 aromatic carbocycles. The van der Waals surface area contributed by atoms with Gasteiger partial charge in [-0.05, 0) is 31.4 Å². The lowest BCUT2D eigenvalue weighted by Crippen LogP contribution is -2.44. The highest BCUT2D eigenvalue weighted by atomic mass is 32.2. The average Bonchev–Trinajstić information content (AvgIpc) is 2.91. The van der Waals surface area contributed by atoms with Crippen molar-refractivity contribution in [3.05, 3.63) is 30.3 Å². The molecule has 0 amide bonds. The van der Waals surface area contributed by atoms with Gasteiger partial charge >= 0.3 is 0 Å². The van der Waals surface area contributed by atoms with Gasteiger partial charge in [0.1, 0.15) is 9.84 Å². The monoisotopic (exact) mass is 294 g/mol. The summed E-state index contributed by atoms with van der Waals surface area (Å²) in [4.78, 5) is 2.40. The molecule has 2 heterocycles. The van der Waals surface area contributed by atoms with E-state index in [1.165, 1.54) is 5.69 Å². The molecule has 0 aliphatic carbocycles. The third-order valence-corrected chi connectivity index (χ3v) is 6.05. The maximum atomic E-state index is 11.4. The van der Waals surface area contributed by atoms with Crippen LogP contribution in [0.4, 0.5) is 5.69 Å². The second-order valence-electron chi connectivity index (χ2n) is 5.86. The van der Waals surface area contributed by atoms with Crippen LogP contribution in [0.25, 0.3) is 0 Å². The number of rotatable bonds is 3. The van der Waals surface area contributed by atoms with Crippen LogP contribution in [0.5, 0.6) is 0 Å². The fourth-order valence-electron chi connectivity index (χ4n) is 3.16. The van der Waals surface area contributed by atoms with Crippen molar-refractivity contribution in [2.45, 2.75) is 31.3 Å². The summed E-state index contributed by atoms with van der Waals surface area (Å²) in [5.74, 6) is 0.694. The topological polar surface area (TPSA) is 49.4 Å². The Labute approximate surface area is 121 Å². The first-order valence-electron chi connectivity index (χ1n) is 7.39. The van der Waals surface area contributed by atoms with Crippen molar-refractivity contribution < 1.29 is 8.42 Å². The zero-order valence-corrected chi connectivity index (χ0v) is 12.5. The number of para-hydroxylation sites is 1. The van der Waals surface area contributed by atoms with E-state index in [1.807, 2.05) is 6.07 Å². The van der Waals surface area contributed by atoms with Crippen LogP contribution in [0.15, 0.2) is 30.3 Å². The van der Waals surface area contributed by atoms with E-state index in [1.54, 1.807) is 0 Å². The molecule has 0 bridgehead atoms. The van der Waals surface area contributed by atoms with E-state index >= 15 is 0 Å². The minimum absolute atomic E-state index is 0.347. The zero-order valence-electron chi connectivity index (χ0n) is 11.7. The van der Waals surface area contributed by atoms with Crippen molar-refractivity contribution in [3.8, 4) is 0 Å². The van der Waals surface area contributed by atoms with E-state index in [0.29, 0.717) is 23.6 Å². The minimum Gasteiger partial charge on any atom is -0.370 e. The van der Waals surface area contributed by atoms with Gasteiger partial charge in [0.05, 0.1) is 11.5 Å². The number of benzene rings is 1. The lowest BCUT2D eigenvalue weighted by Gasteiger charge is -2.27. The molecule has 2 saturated heterocycles. The predicted molar refractivity (Wildman–Crippen MR) is 81.9 cm³/mol. The summed E-state index contributed by atoms with van der Waals surface area (Å²) in [7, 11) is -2.75. The van der Waals surface area contributed by atoms with E-state index in [4.69, 9.17) is 0 Å². The molecule has 3 rings (SSSR count). The molecule has 1 aromatic rings. The number of nitrogens with zero attached hydrogens (tertiary/aromatic N) is 1. The van der Waals surface area contributed by atoms with E-state index < -0.39 is 9.84 Å². The van der Waals surface area contributed by atoms with Crippen molar-refractivity contribution in [1.82, 2.24) is 5.32 Å². The Morgan fingerprint density at radius 3 is 2.40 bits per heavy atom. The van der Waals surface area contributed by atoms with Crippen LogP contribution >= 0.6 is 0 Å². The van der Waals surface area contributed by atoms with Crippen LogP contribution in [0, 0.1) is 0 Å². The molecule has 4 nitrogen and oxygen atoms in total. The molecule has 2 aliphatic heterocycles. The third-order valence-electron chi connectivity index (χ3n) is 4.34. The first-order valence-corrected chi connectivity index (χ1v) is 9.21. The zero-order chi connectivity index (χ0) is 14.0. The first kappa shape index (κ1) is 13.9. The lowest BCUT2D eigenvalue weighted by atomic mass is 10.1. The highest BCUT2D eigenvalue weighted by Gasteiger charge is 2.28. The van der Waals surface area contributed by atoms with Gasteiger partial charge in [-0.1, -0.05) is 18.2 Å². The molecule has 5 heteroatoms. The Hall–Kier alpha value is -1.07. The van der Waals surface area contributed by atoms with E-state index in [0.717, 1.165) is 32.4 Å². The highest BCUT2D eigenvalue weighted by Crippen LogP contribution is 2.21. The SMILES string of the molecule is O=S1(=O)CCC(NC2CCN(c3ccccc3)C2)CC1. The van der Waals surface area contributed by atoms with Gasteiger partial charge in [-0.25, -0.2) is 8.42 Å². The van der Waals surface area contributed by atoms with Crippen LogP contribution < -0.4 is 10.2 Å². The number of anilines is 1. The molecule has 110 valence electrons. The van der Waals surface area contributed by atoms with Crippen LogP contribution in [-0.2, 0) is 9.84 Å². The summed E-state index contributed by atoms with van der Waals surface area (Å²) in [6.45, 7) is 2.10. The third kappa shape index (κ3) is 3.33.